The first-order valence-corrected chi connectivity index (χ1v) is 11.2. The van der Waals surface area contributed by atoms with E-state index in [4.69, 9.17) is 5.11 Å². The van der Waals surface area contributed by atoms with Crippen LogP contribution in [0.4, 0.5) is 0 Å². The molecule has 0 saturated heterocycles. The third kappa shape index (κ3) is 6.86. The van der Waals surface area contributed by atoms with Gasteiger partial charge < -0.3 is 30.8 Å². The molecule has 0 aromatic heterocycles. The van der Waals surface area contributed by atoms with Crippen LogP contribution in [0.25, 0.3) is 0 Å². The third-order valence-electron chi connectivity index (χ3n) is 4.96. The second-order valence-corrected chi connectivity index (χ2v) is 11.8. The molecule has 23 heavy (non-hydrogen) atoms. The predicted octanol–water partition coefficient (Wildman–Crippen LogP) is -0.563. The van der Waals surface area contributed by atoms with Crippen LogP contribution in [0.5, 0.6) is 0 Å². The molecule has 0 spiro atoms. The molecule has 0 aliphatic carbocycles. The Bertz CT molecular complexity index is 332. The number of nitrogens with one attached hydrogen (secondary N) is 1. The van der Waals surface area contributed by atoms with Crippen molar-refractivity contribution in [2.24, 2.45) is 0 Å². The van der Waals surface area contributed by atoms with Gasteiger partial charge in [-0.3, -0.25) is 4.79 Å². The molecule has 0 fully saturated rings. The molecule has 1 amide bonds. The van der Waals surface area contributed by atoms with Crippen LogP contribution < -0.4 is 5.32 Å². The van der Waals surface area contributed by atoms with Crippen LogP contribution in [-0.4, -0.2) is 77.1 Å². The average Bonchev–Trinajstić information content (AvgIpc) is 2.59. The normalized spacial score (nSPS) is 17.4. The highest BCUT2D eigenvalue weighted by atomic mass is 28.3. The summed E-state index contributed by atoms with van der Waals surface area (Å²) in [5.74, 6) is -0.793. The SMILES string of the molecule is CC[Si](CC)(CC)CCCNC(=O)[C@H](O)[C@@H](O)[C@H](O)[C@H](O)CO. The minimum Gasteiger partial charge on any atom is -0.394 e. The summed E-state index contributed by atoms with van der Waals surface area (Å²) >= 11 is 0. The molecule has 0 aromatic carbocycles. The molecule has 0 saturated carbocycles. The fourth-order valence-electron chi connectivity index (χ4n) is 2.74. The molecule has 4 atom stereocenters. The largest absolute Gasteiger partial charge is 0.394 e. The first-order chi connectivity index (χ1) is 10.8. The smallest absolute Gasteiger partial charge is 0.251 e. The van der Waals surface area contributed by atoms with E-state index >= 15 is 0 Å². The first-order valence-electron chi connectivity index (χ1n) is 8.39. The summed E-state index contributed by atoms with van der Waals surface area (Å²) in [6, 6.07) is 4.73. The Balaban J connectivity index is 4.29. The lowest BCUT2D eigenvalue weighted by Crippen LogP contribution is -2.51. The van der Waals surface area contributed by atoms with E-state index in [-0.39, 0.29) is 0 Å². The highest BCUT2D eigenvalue weighted by Gasteiger charge is 2.34. The van der Waals surface area contributed by atoms with E-state index in [0.717, 1.165) is 12.5 Å². The van der Waals surface area contributed by atoms with Crippen LogP contribution in [-0.2, 0) is 4.79 Å². The van der Waals surface area contributed by atoms with Crippen LogP contribution in [0, 0.1) is 0 Å². The van der Waals surface area contributed by atoms with Crippen LogP contribution in [0.2, 0.25) is 24.2 Å². The molecular formula is C15H33NO6Si. The second-order valence-electron chi connectivity index (χ2n) is 6.13. The topological polar surface area (TPSA) is 130 Å². The van der Waals surface area contributed by atoms with Crippen molar-refractivity contribution in [2.75, 3.05) is 13.2 Å². The molecule has 0 aromatic rings. The van der Waals surface area contributed by atoms with Crippen LogP contribution in [0.15, 0.2) is 0 Å². The Morgan fingerprint density at radius 1 is 1.00 bits per heavy atom. The van der Waals surface area contributed by atoms with Gasteiger partial charge in [-0.15, -0.1) is 0 Å². The summed E-state index contributed by atoms with van der Waals surface area (Å²) in [5, 5.41) is 49.3. The molecule has 6 N–H and O–H groups in total. The maximum atomic E-state index is 11.8. The van der Waals surface area contributed by atoms with E-state index in [1.807, 2.05) is 0 Å². The minimum absolute atomic E-state index is 0.399. The quantitative estimate of drug-likeness (QED) is 0.206. The fraction of sp³-hybridized carbons (Fsp3) is 0.933. The van der Waals surface area contributed by atoms with Gasteiger partial charge in [0.2, 0.25) is 0 Å². The molecule has 0 heterocycles. The summed E-state index contributed by atoms with van der Waals surface area (Å²) in [6.07, 6.45) is -6.29. The van der Waals surface area contributed by atoms with Crippen LogP contribution in [0.1, 0.15) is 27.2 Å². The maximum absolute atomic E-state index is 11.8. The summed E-state index contributed by atoms with van der Waals surface area (Å²) < 4.78 is 0. The number of aliphatic hydroxyl groups is 5. The van der Waals surface area contributed by atoms with Gasteiger partial charge in [0.1, 0.15) is 18.3 Å². The first kappa shape index (κ1) is 22.5. The van der Waals surface area contributed by atoms with Gasteiger partial charge in [-0.2, -0.15) is 0 Å². The lowest BCUT2D eigenvalue weighted by molar-refractivity contribution is -0.148. The van der Waals surface area contributed by atoms with E-state index in [9.17, 15) is 25.2 Å². The lowest BCUT2D eigenvalue weighted by atomic mass is 10.0. The van der Waals surface area contributed by atoms with Crippen molar-refractivity contribution < 1.29 is 30.3 Å². The predicted molar refractivity (Wildman–Crippen MR) is 90.7 cm³/mol. The Morgan fingerprint density at radius 3 is 1.96 bits per heavy atom. The Labute approximate surface area is 139 Å². The minimum atomic E-state index is -1.85. The number of hydrogen-bond donors (Lipinski definition) is 6. The van der Waals surface area contributed by atoms with E-state index in [1.54, 1.807) is 0 Å². The van der Waals surface area contributed by atoms with Crippen molar-refractivity contribution in [1.82, 2.24) is 5.32 Å². The molecule has 0 rings (SSSR count). The van der Waals surface area contributed by atoms with Gasteiger partial charge in [-0.05, 0) is 6.42 Å². The zero-order valence-corrected chi connectivity index (χ0v) is 15.4. The number of hydrogen-bond acceptors (Lipinski definition) is 6. The van der Waals surface area contributed by atoms with E-state index in [2.05, 4.69) is 26.1 Å². The Kier molecular flexibility index (Phi) is 10.9. The van der Waals surface area contributed by atoms with Crippen molar-refractivity contribution in [2.45, 2.75) is 75.8 Å². The molecule has 138 valence electrons. The van der Waals surface area contributed by atoms with Crippen molar-refractivity contribution in [3.63, 3.8) is 0 Å². The van der Waals surface area contributed by atoms with Gasteiger partial charge in [-0.1, -0.05) is 44.9 Å². The van der Waals surface area contributed by atoms with Crippen LogP contribution >= 0.6 is 0 Å². The molecule has 0 unspecified atom stereocenters. The number of carbonyl (C=O) groups is 1. The average molecular weight is 352 g/mol. The molecule has 8 heteroatoms. The van der Waals surface area contributed by atoms with Crippen molar-refractivity contribution in [3.05, 3.63) is 0 Å². The highest BCUT2D eigenvalue weighted by Crippen LogP contribution is 2.26. The molecule has 0 radical (unpaired) electrons. The van der Waals surface area contributed by atoms with Crippen LogP contribution in [0.3, 0.4) is 0 Å². The van der Waals surface area contributed by atoms with Crippen molar-refractivity contribution >= 4 is 14.0 Å². The zero-order valence-electron chi connectivity index (χ0n) is 14.4. The second kappa shape index (κ2) is 11.1. The van der Waals surface area contributed by atoms with Gasteiger partial charge >= 0.3 is 0 Å². The van der Waals surface area contributed by atoms with Gasteiger partial charge in [0, 0.05) is 6.54 Å². The number of carbonyl (C=O) groups excluding carboxylic acids is 1. The summed E-state index contributed by atoms with van der Waals surface area (Å²) in [4.78, 5) is 11.8. The van der Waals surface area contributed by atoms with Crippen molar-refractivity contribution in [3.8, 4) is 0 Å². The van der Waals surface area contributed by atoms with Gasteiger partial charge in [0.25, 0.3) is 5.91 Å². The van der Waals surface area contributed by atoms with Gasteiger partial charge in [0.05, 0.1) is 14.7 Å². The number of aliphatic hydroxyl groups excluding tert-OH is 5. The summed E-state index contributed by atoms with van der Waals surface area (Å²) in [7, 11) is -1.24. The fourth-order valence-corrected chi connectivity index (χ4v) is 6.22. The molecule has 0 bridgehead atoms. The number of rotatable bonds is 12. The van der Waals surface area contributed by atoms with Gasteiger partial charge in [0.15, 0.2) is 6.10 Å². The zero-order chi connectivity index (χ0) is 18.0. The molecule has 7 nitrogen and oxygen atoms in total. The maximum Gasteiger partial charge on any atom is 0.251 e. The molecule has 0 aliphatic heterocycles. The highest BCUT2D eigenvalue weighted by molar-refractivity contribution is 6.79. The monoisotopic (exact) mass is 351 g/mol. The number of amides is 1. The summed E-state index contributed by atoms with van der Waals surface area (Å²) in [5.41, 5.74) is 0. The molecule has 0 aliphatic rings. The van der Waals surface area contributed by atoms with Gasteiger partial charge in [-0.25, -0.2) is 0 Å². The van der Waals surface area contributed by atoms with E-state index in [0.29, 0.717) is 6.54 Å². The standard InChI is InChI=1S/C15H33NO6Si/c1-4-23(5-2,6-3)9-7-8-16-15(22)14(21)13(20)12(19)11(18)10-17/h11-14,17-21H,4-10H2,1-3H3,(H,16,22)/t11-,12-,13+,14-/m1/s1. The Morgan fingerprint density at radius 2 is 1.52 bits per heavy atom. The Hall–Kier alpha value is -0.513. The third-order valence-corrected chi connectivity index (χ3v) is 10.9. The lowest BCUT2D eigenvalue weighted by Gasteiger charge is -2.28. The van der Waals surface area contributed by atoms with Crippen molar-refractivity contribution in [1.29, 1.82) is 0 Å². The van der Waals surface area contributed by atoms with E-state index in [1.165, 1.54) is 18.1 Å². The van der Waals surface area contributed by atoms with E-state index < -0.39 is 45.0 Å². The summed E-state index contributed by atoms with van der Waals surface area (Å²) in [6.45, 7) is 6.27. The molecular weight excluding hydrogens is 318 g/mol.